The van der Waals surface area contributed by atoms with E-state index in [1.54, 1.807) is 0 Å². The lowest BCUT2D eigenvalue weighted by atomic mass is 9.91. The number of benzene rings is 2. The molecule has 1 fully saturated rings. The number of fused-ring (bicyclic) bond motifs is 1. The molecule has 0 unspecified atom stereocenters. The van der Waals surface area contributed by atoms with Crippen molar-refractivity contribution in [3.8, 4) is 0 Å². The fourth-order valence-corrected chi connectivity index (χ4v) is 4.77. The second kappa shape index (κ2) is 7.84. The molecule has 0 spiro atoms. The van der Waals surface area contributed by atoms with E-state index in [0.717, 1.165) is 15.8 Å². The average Bonchev–Trinajstić information content (AvgIpc) is 3.17. The van der Waals surface area contributed by atoms with Gasteiger partial charge in [0.05, 0.1) is 16.1 Å². The third kappa shape index (κ3) is 3.72. The normalized spacial score (nSPS) is 16.3. The summed E-state index contributed by atoms with van der Waals surface area (Å²) >= 11 is 1.47. The molecule has 1 saturated heterocycles. The summed E-state index contributed by atoms with van der Waals surface area (Å²) in [6, 6.07) is 16.0. The molecule has 144 valence electrons. The Bertz CT molecular complexity index is 968. The van der Waals surface area contributed by atoms with Gasteiger partial charge in [0.25, 0.3) is 0 Å². The van der Waals surface area contributed by atoms with Gasteiger partial charge in [-0.15, -0.1) is 11.3 Å². The van der Waals surface area contributed by atoms with E-state index in [9.17, 15) is 9.59 Å². The molecule has 1 amide bonds. The van der Waals surface area contributed by atoms with E-state index < -0.39 is 0 Å². The van der Waals surface area contributed by atoms with Crippen LogP contribution < -0.4 is 0 Å². The minimum absolute atomic E-state index is 0.0423. The summed E-state index contributed by atoms with van der Waals surface area (Å²) in [6.45, 7) is 5.28. The van der Waals surface area contributed by atoms with Crippen LogP contribution in [0.4, 0.5) is 0 Å². The Morgan fingerprint density at radius 2 is 1.75 bits per heavy atom. The van der Waals surface area contributed by atoms with Crippen LogP contribution in [0.25, 0.3) is 10.2 Å². The molecule has 4 rings (SSSR count). The van der Waals surface area contributed by atoms with E-state index in [1.807, 2.05) is 67.3 Å². The number of aryl methyl sites for hydroxylation is 1. The van der Waals surface area contributed by atoms with E-state index in [1.165, 1.54) is 16.9 Å². The predicted octanol–water partition coefficient (Wildman–Crippen LogP) is 4.83. The van der Waals surface area contributed by atoms with Gasteiger partial charge in [-0.25, -0.2) is 4.98 Å². The van der Waals surface area contributed by atoms with Crippen molar-refractivity contribution in [2.24, 2.45) is 5.92 Å². The highest BCUT2D eigenvalue weighted by molar-refractivity contribution is 7.20. The highest BCUT2D eigenvalue weighted by atomic mass is 32.1. The number of carbonyl (C=O) groups is 2. The number of likely N-dealkylation sites (tertiary alicyclic amines) is 1. The lowest BCUT2D eigenvalue weighted by Gasteiger charge is -2.33. The number of rotatable bonds is 4. The summed E-state index contributed by atoms with van der Waals surface area (Å²) < 4.78 is 1.05. The first-order valence-corrected chi connectivity index (χ1v) is 10.6. The quantitative estimate of drug-likeness (QED) is 0.598. The van der Waals surface area contributed by atoms with Gasteiger partial charge in [0, 0.05) is 19.0 Å². The van der Waals surface area contributed by atoms with Crippen LogP contribution in [0.15, 0.2) is 48.5 Å². The van der Waals surface area contributed by atoms with Gasteiger partial charge < -0.3 is 4.90 Å². The van der Waals surface area contributed by atoms with E-state index in [0.29, 0.717) is 30.9 Å². The SMILES string of the molecule is Cc1ccc([C@H](C)C(=O)N2CCC(C(=O)c3nc4ccccc4s3)CC2)cc1. The molecule has 0 aliphatic carbocycles. The summed E-state index contributed by atoms with van der Waals surface area (Å²) in [5, 5.41) is 0.596. The Kier molecular flexibility index (Phi) is 5.27. The second-order valence-corrected chi connectivity index (χ2v) is 8.61. The van der Waals surface area contributed by atoms with Crippen molar-refractivity contribution < 1.29 is 9.59 Å². The van der Waals surface area contributed by atoms with Crippen LogP contribution in [0.3, 0.4) is 0 Å². The number of hydrogen-bond acceptors (Lipinski definition) is 4. The minimum Gasteiger partial charge on any atom is -0.342 e. The van der Waals surface area contributed by atoms with Crippen LogP contribution in [0.2, 0.25) is 0 Å². The molecule has 5 heteroatoms. The van der Waals surface area contributed by atoms with E-state index in [2.05, 4.69) is 4.98 Å². The first-order chi connectivity index (χ1) is 13.5. The van der Waals surface area contributed by atoms with Crippen molar-refractivity contribution >= 4 is 33.2 Å². The molecular formula is C23H24N2O2S. The first kappa shape index (κ1) is 18.8. The number of para-hydroxylation sites is 1. The molecule has 28 heavy (non-hydrogen) atoms. The predicted molar refractivity (Wildman–Crippen MR) is 113 cm³/mol. The molecule has 0 N–H and O–H groups in total. The molecule has 2 aromatic carbocycles. The molecule has 2 heterocycles. The number of aromatic nitrogens is 1. The molecule has 1 aromatic heterocycles. The van der Waals surface area contributed by atoms with Crippen LogP contribution in [0, 0.1) is 12.8 Å². The third-order valence-electron chi connectivity index (χ3n) is 5.63. The summed E-state index contributed by atoms with van der Waals surface area (Å²) in [5.74, 6) is 0.0750. The van der Waals surface area contributed by atoms with Gasteiger partial charge in [-0.05, 0) is 44.4 Å². The van der Waals surface area contributed by atoms with E-state index >= 15 is 0 Å². The maximum atomic E-state index is 12.9. The summed E-state index contributed by atoms with van der Waals surface area (Å²) in [5.41, 5.74) is 3.12. The monoisotopic (exact) mass is 392 g/mol. The molecule has 0 saturated carbocycles. The fourth-order valence-electron chi connectivity index (χ4n) is 3.79. The van der Waals surface area contributed by atoms with Gasteiger partial charge in [0.1, 0.15) is 0 Å². The lowest BCUT2D eigenvalue weighted by Crippen LogP contribution is -2.42. The molecule has 4 nitrogen and oxygen atoms in total. The van der Waals surface area contributed by atoms with Gasteiger partial charge >= 0.3 is 0 Å². The van der Waals surface area contributed by atoms with Crippen LogP contribution in [0.5, 0.6) is 0 Å². The zero-order chi connectivity index (χ0) is 19.7. The fraction of sp³-hybridized carbons (Fsp3) is 0.348. The summed E-state index contributed by atoms with van der Waals surface area (Å²) in [6.07, 6.45) is 1.42. The number of piperidine rings is 1. The number of ketones is 1. The van der Waals surface area contributed by atoms with E-state index in [4.69, 9.17) is 0 Å². The number of nitrogens with zero attached hydrogens (tertiary/aromatic N) is 2. The zero-order valence-electron chi connectivity index (χ0n) is 16.2. The molecule has 1 aliphatic rings. The van der Waals surface area contributed by atoms with Crippen LogP contribution in [0.1, 0.15) is 46.6 Å². The Labute approximate surface area is 169 Å². The maximum Gasteiger partial charge on any atom is 0.229 e. The van der Waals surface area contributed by atoms with Crippen LogP contribution in [-0.2, 0) is 4.79 Å². The Morgan fingerprint density at radius 1 is 1.07 bits per heavy atom. The smallest absolute Gasteiger partial charge is 0.229 e. The molecule has 0 bridgehead atoms. The van der Waals surface area contributed by atoms with Crippen LogP contribution >= 0.6 is 11.3 Å². The number of hydrogen-bond donors (Lipinski definition) is 0. The maximum absolute atomic E-state index is 12.9. The minimum atomic E-state index is -0.155. The largest absolute Gasteiger partial charge is 0.342 e. The third-order valence-corrected chi connectivity index (χ3v) is 6.68. The summed E-state index contributed by atoms with van der Waals surface area (Å²) in [7, 11) is 0. The average molecular weight is 393 g/mol. The Hall–Kier alpha value is -2.53. The standard InChI is InChI=1S/C23H24N2O2S/c1-15-7-9-17(10-8-15)16(2)23(27)25-13-11-18(12-14-25)21(26)22-24-19-5-3-4-6-20(19)28-22/h3-10,16,18H,11-14H2,1-2H3/t16-/m0/s1. The van der Waals surface area contributed by atoms with Crippen molar-refractivity contribution in [3.63, 3.8) is 0 Å². The molecule has 0 radical (unpaired) electrons. The Balaban J connectivity index is 1.39. The second-order valence-electron chi connectivity index (χ2n) is 7.58. The molecule has 1 aliphatic heterocycles. The van der Waals surface area contributed by atoms with Crippen molar-refractivity contribution in [2.75, 3.05) is 13.1 Å². The highest BCUT2D eigenvalue weighted by Gasteiger charge is 2.31. The number of thiazole rings is 1. The van der Waals surface area contributed by atoms with Gasteiger partial charge in [0.15, 0.2) is 10.8 Å². The van der Waals surface area contributed by atoms with Gasteiger partial charge in [0.2, 0.25) is 5.91 Å². The van der Waals surface area contributed by atoms with Crippen molar-refractivity contribution in [3.05, 3.63) is 64.7 Å². The Morgan fingerprint density at radius 3 is 2.43 bits per heavy atom. The molecular weight excluding hydrogens is 368 g/mol. The lowest BCUT2D eigenvalue weighted by molar-refractivity contribution is -0.133. The van der Waals surface area contributed by atoms with Crippen LogP contribution in [-0.4, -0.2) is 34.7 Å². The number of amides is 1. The molecule has 3 aromatic rings. The van der Waals surface area contributed by atoms with Gasteiger partial charge in [-0.3, -0.25) is 9.59 Å². The van der Waals surface area contributed by atoms with Crippen molar-refractivity contribution in [1.82, 2.24) is 9.88 Å². The van der Waals surface area contributed by atoms with Crippen molar-refractivity contribution in [2.45, 2.75) is 32.6 Å². The van der Waals surface area contributed by atoms with Gasteiger partial charge in [-0.1, -0.05) is 42.0 Å². The van der Waals surface area contributed by atoms with Crippen molar-refractivity contribution in [1.29, 1.82) is 0 Å². The topological polar surface area (TPSA) is 50.3 Å². The first-order valence-electron chi connectivity index (χ1n) is 9.78. The van der Waals surface area contributed by atoms with E-state index in [-0.39, 0.29) is 23.5 Å². The van der Waals surface area contributed by atoms with Gasteiger partial charge in [-0.2, -0.15) is 0 Å². The zero-order valence-corrected chi connectivity index (χ0v) is 17.0. The summed E-state index contributed by atoms with van der Waals surface area (Å²) in [4.78, 5) is 32.2. The number of carbonyl (C=O) groups excluding carboxylic acids is 2. The highest BCUT2D eigenvalue weighted by Crippen LogP contribution is 2.29. The molecule has 1 atom stereocenters. The number of Topliss-reactive ketones (excluding diaryl/α,β-unsaturated/α-hetero) is 1.